The van der Waals surface area contributed by atoms with Gasteiger partial charge in [-0.3, -0.25) is 4.68 Å². The summed E-state index contributed by atoms with van der Waals surface area (Å²) in [5.74, 6) is 0.725. The molecule has 1 rings (SSSR count). The van der Waals surface area contributed by atoms with Gasteiger partial charge in [0.15, 0.2) is 0 Å². The van der Waals surface area contributed by atoms with Crippen LogP contribution < -0.4 is 5.32 Å². The van der Waals surface area contributed by atoms with E-state index in [9.17, 15) is 0 Å². The Labute approximate surface area is 113 Å². The predicted octanol–water partition coefficient (Wildman–Crippen LogP) is 3.40. The summed E-state index contributed by atoms with van der Waals surface area (Å²) in [6.07, 6.45) is 4.13. The summed E-state index contributed by atoms with van der Waals surface area (Å²) in [5, 5.41) is 7.86. The third kappa shape index (κ3) is 4.80. The van der Waals surface area contributed by atoms with Gasteiger partial charge in [0.05, 0.1) is 16.4 Å². The van der Waals surface area contributed by atoms with Crippen molar-refractivity contribution in [2.75, 3.05) is 13.1 Å². The summed E-state index contributed by atoms with van der Waals surface area (Å²) in [4.78, 5) is 0. The standard InChI is InChI=1S/C13H24BrN3/c1-10(2)8-15-7-5-6-13-12(14)9-16-17(13)11(3)4/h9-11,15H,5-8H2,1-4H3. The normalized spacial score (nSPS) is 11.7. The van der Waals surface area contributed by atoms with Crippen molar-refractivity contribution in [1.29, 1.82) is 0 Å². The first-order chi connectivity index (χ1) is 8.02. The predicted molar refractivity (Wildman–Crippen MR) is 76.3 cm³/mol. The monoisotopic (exact) mass is 301 g/mol. The van der Waals surface area contributed by atoms with Crippen LogP contribution in [0.1, 0.15) is 45.9 Å². The van der Waals surface area contributed by atoms with Crippen LogP contribution in [0, 0.1) is 5.92 Å². The summed E-state index contributed by atoms with van der Waals surface area (Å²) < 4.78 is 3.24. The molecule has 0 amide bonds. The Morgan fingerprint density at radius 3 is 2.65 bits per heavy atom. The van der Waals surface area contributed by atoms with Crippen LogP contribution in [0.4, 0.5) is 0 Å². The summed E-state index contributed by atoms with van der Waals surface area (Å²) in [6.45, 7) is 11.0. The highest BCUT2D eigenvalue weighted by molar-refractivity contribution is 9.10. The van der Waals surface area contributed by atoms with E-state index in [4.69, 9.17) is 0 Å². The van der Waals surface area contributed by atoms with Crippen LogP contribution in [0.15, 0.2) is 10.7 Å². The molecule has 17 heavy (non-hydrogen) atoms. The number of rotatable bonds is 7. The van der Waals surface area contributed by atoms with Crippen molar-refractivity contribution < 1.29 is 0 Å². The lowest BCUT2D eigenvalue weighted by Gasteiger charge is -2.12. The lowest BCUT2D eigenvalue weighted by molar-refractivity contribution is 0.495. The van der Waals surface area contributed by atoms with Crippen molar-refractivity contribution in [1.82, 2.24) is 15.1 Å². The molecule has 0 saturated heterocycles. The molecule has 0 aromatic carbocycles. The van der Waals surface area contributed by atoms with Crippen LogP contribution >= 0.6 is 15.9 Å². The van der Waals surface area contributed by atoms with E-state index in [1.165, 1.54) is 5.69 Å². The van der Waals surface area contributed by atoms with Gasteiger partial charge in [0.2, 0.25) is 0 Å². The number of nitrogens with one attached hydrogen (secondary N) is 1. The van der Waals surface area contributed by atoms with E-state index < -0.39 is 0 Å². The van der Waals surface area contributed by atoms with E-state index in [0.717, 1.165) is 36.3 Å². The maximum absolute atomic E-state index is 4.39. The first-order valence-electron chi connectivity index (χ1n) is 6.45. The number of nitrogens with zero attached hydrogens (tertiary/aromatic N) is 2. The van der Waals surface area contributed by atoms with Gasteiger partial charge < -0.3 is 5.32 Å². The second-order valence-corrected chi connectivity index (χ2v) is 6.03. The Morgan fingerprint density at radius 1 is 1.35 bits per heavy atom. The highest BCUT2D eigenvalue weighted by Gasteiger charge is 2.10. The lowest BCUT2D eigenvalue weighted by Crippen LogP contribution is -2.21. The number of hydrogen-bond donors (Lipinski definition) is 1. The fourth-order valence-corrected chi connectivity index (χ4v) is 2.29. The molecule has 0 saturated carbocycles. The number of hydrogen-bond acceptors (Lipinski definition) is 2. The van der Waals surface area contributed by atoms with Gasteiger partial charge in [0.25, 0.3) is 0 Å². The fraction of sp³-hybridized carbons (Fsp3) is 0.769. The zero-order chi connectivity index (χ0) is 12.8. The van der Waals surface area contributed by atoms with Crippen LogP contribution in [0.2, 0.25) is 0 Å². The molecule has 0 aliphatic heterocycles. The molecule has 0 atom stereocenters. The zero-order valence-electron chi connectivity index (χ0n) is 11.3. The summed E-state index contributed by atoms with van der Waals surface area (Å²) >= 11 is 3.57. The molecule has 0 radical (unpaired) electrons. The first-order valence-corrected chi connectivity index (χ1v) is 7.24. The minimum atomic E-state index is 0.430. The second-order valence-electron chi connectivity index (χ2n) is 5.18. The minimum absolute atomic E-state index is 0.430. The van der Waals surface area contributed by atoms with Crippen LogP contribution in [0.25, 0.3) is 0 Å². The molecular weight excluding hydrogens is 278 g/mol. The molecule has 0 unspecified atom stereocenters. The van der Waals surface area contributed by atoms with Gasteiger partial charge >= 0.3 is 0 Å². The molecule has 3 nitrogen and oxygen atoms in total. The third-order valence-electron chi connectivity index (χ3n) is 2.66. The Balaban J connectivity index is 2.38. The van der Waals surface area contributed by atoms with Crippen LogP contribution in [0.5, 0.6) is 0 Å². The third-order valence-corrected chi connectivity index (χ3v) is 3.32. The topological polar surface area (TPSA) is 29.9 Å². The maximum Gasteiger partial charge on any atom is 0.0635 e. The van der Waals surface area contributed by atoms with E-state index in [1.807, 2.05) is 6.20 Å². The van der Waals surface area contributed by atoms with Gasteiger partial charge in [-0.15, -0.1) is 0 Å². The summed E-state index contributed by atoms with van der Waals surface area (Å²) in [6, 6.07) is 0.430. The van der Waals surface area contributed by atoms with Gasteiger partial charge in [-0.05, 0) is 61.6 Å². The molecule has 0 bridgehead atoms. The van der Waals surface area contributed by atoms with Gasteiger partial charge in [-0.2, -0.15) is 5.10 Å². The molecule has 0 spiro atoms. The van der Waals surface area contributed by atoms with Gasteiger partial charge in [-0.25, -0.2) is 0 Å². The largest absolute Gasteiger partial charge is 0.316 e. The Morgan fingerprint density at radius 2 is 2.06 bits per heavy atom. The second kappa shape index (κ2) is 7.17. The van der Waals surface area contributed by atoms with Crippen molar-refractivity contribution in [2.45, 2.75) is 46.6 Å². The smallest absolute Gasteiger partial charge is 0.0635 e. The number of aromatic nitrogens is 2. The van der Waals surface area contributed by atoms with Crippen molar-refractivity contribution in [3.05, 3.63) is 16.4 Å². The fourth-order valence-electron chi connectivity index (χ4n) is 1.82. The molecular formula is C13H24BrN3. The Kier molecular flexibility index (Phi) is 6.20. The highest BCUT2D eigenvalue weighted by atomic mass is 79.9. The summed E-state index contributed by atoms with van der Waals surface area (Å²) in [5.41, 5.74) is 1.31. The molecule has 1 N–H and O–H groups in total. The molecule has 98 valence electrons. The van der Waals surface area contributed by atoms with Gasteiger partial charge in [0.1, 0.15) is 0 Å². The SMILES string of the molecule is CC(C)CNCCCc1c(Br)cnn1C(C)C. The van der Waals surface area contributed by atoms with E-state index in [2.05, 4.69) is 58.7 Å². The van der Waals surface area contributed by atoms with Crippen molar-refractivity contribution in [2.24, 2.45) is 5.92 Å². The van der Waals surface area contributed by atoms with Gasteiger partial charge in [-0.1, -0.05) is 13.8 Å². The summed E-state index contributed by atoms with van der Waals surface area (Å²) in [7, 11) is 0. The maximum atomic E-state index is 4.39. The minimum Gasteiger partial charge on any atom is -0.316 e. The molecule has 4 heteroatoms. The molecule has 1 aromatic heterocycles. The van der Waals surface area contributed by atoms with Crippen LogP contribution in [-0.4, -0.2) is 22.9 Å². The van der Waals surface area contributed by atoms with E-state index in [-0.39, 0.29) is 0 Å². The van der Waals surface area contributed by atoms with Crippen molar-refractivity contribution >= 4 is 15.9 Å². The number of halogens is 1. The van der Waals surface area contributed by atoms with Gasteiger partial charge in [0, 0.05) is 6.04 Å². The molecule has 0 aliphatic rings. The molecule has 0 fully saturated rings. The van der Waals surface area contributed by atoms with Crippen LogP contribution in [-0.2, 0) is 6.42 Å². The molecule has 1 heterocycles. The highest BCUT2D eigenvalue weighted by Crippen LogP contribution is 2.20. The molecule has 1 aromatic rings. The first kappa shape index (κ1) is 14.7. The van der Waals surface area contributed by atoms with Crippen molar-refractivity contribution in [3.63, 3.8) is 0 Å². The van der Waals surface area contributed by atoms with Crippen molar-refractivity contribution in [3.8, 4) is 0 Å². The average Bonchev–Trinajstić information content (AvgIpc) is 2.59. The van der Waals surface area contributed by atoms with E-state index in [0.29, 0.717) is 6.04 Å². The molecule has 0 aliphatic carbocycles. The Hall–Kier alpha value is -0.350. The lowest BCUT2D eigenvalue weighted by atomic mass is 10.2. The Bertz CT molecular complexity index is 331. The zero-order valence-corrected chi connectivity index (χ0v) is 12.9. The average molecular weight is 302 g/mol. The van der Waals surface area contributed by atoms with E-state index in [1.54, 1.807) is 0 Å². The van der Waals surface area contributed by atoms with E-state index >= 15 is 0 Å². The quantitative estimate of drug-likeness (QED) is 0.782. The van der Waals surface area contributed by atoms with Crippen LogP contribution in [0.3, 0.4) is 0 Å².